The standard InChI is InChI=1S/C15H17ClN2O/c1-3-9-19-10-13-17-14(11(2)15(16)18-13)12-7-5-4-6-8-12/h4-8H,3,9-10H2,1-2H3. The first-order valence-electron chi connectivity index (χ1n) is 6.38. The van der Waals surface area contributed by atoms with Crippen LogP contribution in [0.5, 0.6) is 0 Å². The first-order valence-corrected chi connectivity index (χ1v) is 6.76. The van der Waals surface area contributed by atoms with E-state index in [-0.39, 0.29) is 0 Å². The summed E-state index contributed by atoms with van der Waals surface area (Å²) in [6, 6.07) is 9.98. The molecule has 1 aromatic carbocycles. The number of hydrogen-bond donors (Lipinski definition) is 0. The Morgan fingerprint density at radius 3 is 2.58 bits per heavy atom. The fraction of sp³-hybridized carbons (Fsp3) is 0.333. The molecule has 0 unspecified atom stereocenters. The molecule has 1 heterocycles. The monoisotopic (exact) mass is 276 g/mol. The van der Waals surface area contributed by atoms with E-state index in [0.717, 1.165) is 23.2 Å². The van der Waals surface area contributed by atoms with Crippen LogP contribution < -0.4 is 0 Å². The van der Waals surface area contributed by atoms with Crippen LogP contribution in [0.15, 0.2) is 30.3 Å². The van der Waals surface area contributed by atoms with Crippen LogP contribution in [0.3, 0.4) is 0 Å². The van der Waals surface area contributed by atoms with Gasteiger partial charge in [-0.1, -0.05) is 48.9 Å². The lowest BCUT2D eigenvalue weighted by Gasteiger charge is -2.09. The Morgan fingerprint density at radius 1 is 1.16 bits per heavy atom. The number of hydrogen-bond acceptors (Lipinski definition) is 3. The summed E-state index contributed by atoms with van der Waals surface area (Å²) >= 11 is 6.18. The highest BCUT2D eigenvalue weighted by molar-refractivity contribution is 6.30. The average molecular weight is 277 g/mol. The van der Waals surface area contributed by atoms with E-state index in [1.807, 2.05) is 37.3 Å². The third kappa shape index (κ3) is 3.52. The molecule has 2 rings (SSSR count). The van der Waals surface area contributed by atoms with E-state index >= 15 is 0 Å². The second-order valence-electron chi connectivity index (χ2n) is 4.32. The predicted molar refractivity (Wildman–Crippen MR) is 77.2 cm³/mol. The van der Waals surface area contributed by atoms with Crippen LogP contribution in [-0.4, -0.2) is 16.6 Å². The van der Waals surface area contributed by atoms with E-state index in [4.69, 9.17) is 16.3 Å². The van der Waals surface area contributed by atoms with Gasteiger partial charge in [0.1, 0.15) is 11.8 Å². The molecule has 19 heavy (non-hydrogen) atoms. The topological polar surface area (TPSA) is 35.0 Å². The van der Waals surface area contributed by atoms with Gasteiger partial charge < -0.3 is 4.74 Å². The Hall–Kier alpha value is -1.45. The average Bonchev–Trinajstić information content (AvgIpc) is 2.44. The van der Waals surface area contributed by atoms with Crippen molar-refractivity contribution in [1.82, 2.24) is 9.97 Å². The zero-order valence-corrected chi connectivity index (χ0v) is 11.9. The summed E-state index contributed by atoms with van der Waals surface area (Å²) in [6.07, 6.45) is 0.977. The van der Waals surface area contributed by atoms with Gasteiger partial charge in [-0.15, -0.1) is 0 Å². The largest absolute Gasteiger partial charge is 0.373 e. The highest BCUT2D eigenvalue weighted by Gasteiger charge is 2.11. The molecule has 2 aromatic rings. The smallest absolute Gasteiger partial charge is 0.156 e. The summed E-state index contributed by atoms with van der Waals surface area (Å²) in [6.45, 7) is 5.10. The molecule has 0 spiro atoms. The molecule has 3 nitrogen and oxygen atoms in total. The van der Waals surface area contributed by atoms with Crippen LogP contribution in [0.2, 0.25) is 5.15 Å². The van der Waals surface area contributed by atoms with Crippen molar-refractivity contribution in [2.75, 3.05) is 6.61 Å². The van der Waals surface area contributed by atoms with Crippen LogP contribution in [-0.2, 0) is 11.3 Å². The van der Waals surface area contributed by atoms with Crippen molar-refractivity contribution in [3.63, 3.8) is 0 Å². The fourth-order valence-corrected chi connectivity index (χ4v) is 1.97. The molecule has 0 saturated heterocycles. The normalized spacial score (nSPS) is 10.7. The SMILES string of the molecule is CCCOCc1nc(Cl)c(C)c(-c2ccccc2)n1. The molecule has 0 atom stereocenters. The summed E-state index contributed by atoms with van der Waals surface area (Å²) in [4.78, 5) is 8.81. The molecule has 1 aromatic heterocycles. The number of benzene rings is 1. The third-order valence-electron chi connectivity index (χ3n) is 2.76. The molecule has 0 aliphatic carbocycles. The van der Waals surface area contributed by atoms with Crippen LogP contribution in [0.25, 0.3) is 11.3 Å². The Kier molecular flexibility index (Phi) is 4.88. The minimum absolute atomic E-state index is 0.397. The molecule has 0 amide bonds. The van der Waals surface area contributed by atoms with E-state index in [1.165, 1.54) is 0 Å². The predicted octanol–water partition coefficient (Wildman–Crippen LogP) is 4.03. The zero-order chi connectivity index (χ0) is 13.7. The molecule has 4 heteroatoms. The number of ether oxygens (including phenoxy) is 1. The summed E-state index contributed by atoms with van der Waals surface area (Å²) in [5.74, 6) is 0.628. The maximum absolute atomic E-state index is 6.18. The number of halogens is 1. The van der Waals surface area contributed by atoms with Crippen molar-refractivity contribution in [3.05, 3.63) is 46.9 Å². The van der Waals surface area contributed by atoms with Gasteiger partial charge in [0.05, 0.1) is 5.69 Å². The van der Waals surface area contributed by atoms with E-state index < -0.39 is 0 Å². The summed E-state index contributed by atoms with van der Waals surface area (Å²) in [5, 5.41) is 0.490. The maximum atomic E-state index is 6.18. The summed E-state index contributed by atoms with van der Waals surface area (Å²) < 4.78 is 5.47. The van der Waals surface area contributed by atoms with Crippen molar-refractivity contribution in [2.45, 2.75) is 26.9 Å². The minimum atomic E-state index is 0.397. The van der Waals surface area contributed by atoms with Gasteiger partial charge in [-0.3, -0.25) is 0 Å². The molecular weight excluding hydrogens is 260 g/mol. The molecule has 0 fully saturated rings. The van der Waals surface area contributed by atoms with E-state index in [0.29, 0.717) is 24.2 Å². The van der Waals surface area contributed by atoms with Gasteiger partial charge in [0, 0.05) is 17.7 Å². The Balaban J connectivity index is 2.32. The molecule has 0 aliphatic rings. The maximum Gasteiger partial charge on any atom is 0.156 e. The Labute approximate surface area is 118 Å². The number of aromatic nitrogens is 2. The lowest BCUT2D eigenvalue weighted by atomic mass is 10.1. The van der Waals surface area contributed by atoms with Gasteiger partial charge >= 0.3 is 0 Å². The van der Waals surface area contributed by atoms with Crippen molar-refractivity contribution in [2.24, 2.45) is 0 Å². The highest BCUT2D eigenvalue weighted by Crippen LogP contribution is 2.25. The molecule has 0 radical (unpaired) electrons. The molecule has 100 valence electrons. The van der Waals surface area contributed by atoms with Crippen LogP contribution in [0, 0.1) is 6.92 Å². The molecular formula is C15H17ClN2O. The van der Waals surface area contributed by atoms with Crippen LogP contribution >= 0.6 is 11.6 Å². The molecule has 0 N–H and O–H groups in total. The Bertz CT molecular complexity index is 543. The van der Waals surface area contributed by atoms with Gasteiger partial charge in [-0.25, -0.2) is 9.97 Å². The van der Waals surface area contributed by atoms with Gasteiger partial charge in [-0.2, -0.15) is 0 Å². The second-order valence-corrected chi connectivity index (χ2v) is 4.68. The second kappa shape index (κ2) is 6.64. The highest BCUT2D eigenvalue weighted by atomic mass is 35.5. The first-order chi connectivity index (χ1) is 9.22. The lowest BCUT2D eigenvalue weighted by Crippen LogP contribution is -2.03. The van der Waals surface area contributed by atoms with Gasteiger partial charge in [0.25, 0.3) is 0 Å². The van der Waals surface area contributed by atoms with E-state index in [1.54, 1.807) is 0 Å². The Morgan fingerprint density at radius 2 is 1.89 bits per heavy atom. The van der Waals surface area contributed by atoms with Gasteiger partial charge in [-0.05, 0) is 13.3 Å². The molecule has 0 saturated carbocycles. The fourth-order valence-electron chi connectivity index (χ4n) is 1.78. The minimum Gasteiger partial charge on any atom is -0.373 e. The van der Waals surface area contributed by atoms with Crippen molar-refractivity contribution >= 4 is 11.6 Å². The van der Waals surface area contributed by atoms with Crippen LogP contribution in [0.4, 0.5) is 0 Å². The first kappa shape index (κ1) is 14.0. The summed E-state index contributed by atoms with van der Waals surface area (Å²) in [7, 11) is 0. The molecule has 0 aliphatic heterocycles. The zero-order valence-electron chi connectivity index (χ0n) is 11.2. The van der Waals surface area contributed by atoms with Crippen molar-refractivity contribution in [3.8, 4) is 11.3 Å². The lowest BCUT2D eigenvalue weighted by molar-refractivity contribution is 0.116. The number of rotatable bonds is 5. The van der Waals surface area contributed by atoms with Gasteiger partial charge in [0.2, 0.25) is 0 Å². The molecule has 0 bridgehead atoms. The van der Waals surface area contributed by atoms with Gasteiger partial charge in [0.15, 0.2) is 5.82 Å². The van der Waals surface area contributed by atoms with Crippen molar-refractivity contribution < 1.29 is 4.74 Å². The third-order valence-corrected chi connectivity index (χ3v) is 3.13. The van der Waals surface area contributed by atoms with E-state index in [9.17, 15) is 0 Å². The van der Waals surface area contributed by atoms with Crippen molar-refractivity contribution in [1.29, 1.82) is 0 Å². The quantitative estimate of drug-likeness (QED) is 0.611. The number of nitrogens with zero attached hydrogens (tertiary/aromatic N) is 2. The van der Waals surface area contributed by atoms with E-state index in [2.05, 4.69) is 16.9 Å². The van der Waals surface area contributed by atoms with Crippen LogP contribution in [0.1, 0.15) is 24.7 Å². The summed E-state index contributed by atoms with van der Waals surface area (Å²) in [5.41, 5.74) is 2.81.